The van der Waals surface area contributed by atoms with E-state index in [4.69, 9.17) is 0 Å². The molecule has 1 fully saturated rings. The van der Waals surface area contributed by atoms with Gasteiger partial charge in [-0.15, -0.1) is 10.2 Å². The molecule has 0 N–H and O–H groups in total. The second-order valence-corrected chi connectivity index (χ2v) is 6.27. The summed E-state index contributed by atoms with van der Waals surface area (Å²) < 4.78 is 1.95. The first kappa shape index (κ1) is 14.8. The van der Waals surface area contributed by atoms with Crippen LogP contribution < -0.4 is 0 Å². The molecule has 0 aliphatic carbocycles. The van der Waals surface area contributed by atoms with Crippen LogP contribution in [0.2, 0.25) is 0 Å². The van der Waals surface area contributed by atoms with Crippen molar-refractivity contribution < 1.29 is 4.79 Å². The summed E-state index contributed by atoms with van der Waals surface area (Å²) in [6.45, 7) is 5.60. The van der Waals surface area contributed by atoms with E-state index >= 15 is 0 Å². The number of aromatic nitrogens is 3. The second-order valence-electron chi connectivity index (χ2n) is 6.27. The van der Waals surface area contributed by atoms with Crippen molar-refractivity contribution in [2.75, 3.05) is 13.1 Å². The summed E-state index contributed by atoms with van der Waals surface area (Å²) in [5.41, 5.74) is 3.05. The lowest BCUT2D eigenvalue weighted by Crippen LogP contribution is -2.39. The largest absolute Gasteiger partial charge is 0.338 e. The molecular weight excluding hydrogens is 276 g/mol. The predicted octanol–water partition coefficient (Wildman–Crippen LogP) is 2.45. The monoisotopic (exact) mass is 298 g/mol. The highest BCUT2D eigenvalue weighted by atomic mass is 16.2. The number of amides is 1. The van der Waals surface area contributed by atoms with E-state index in [9.17, 15) is 4.79 Å². The van der Waals surface area contributed by atoms with E-state index in [1.54, 1.807) is 6.33 Å². The minimum atomic E-state index is 0.124. The first-order valence-electron chi connectivity index (χ1n) is 7.76. The van der Waals surface area contributed by atoms with Gasteiger partial charge < -0.3 is 9.47 Å². The van der Waals surface area contributed by atoms with Gasteiger partial charge in [0, 0.05) is 31.6 Å². The van der Waals surface area contributed by atoms with Gasteiger partial charge in [0.25, 0.3) is 5.91 Å². The molecule has 1 atom stereocenters. The Morgan fingerprint density at radius 1 is 1.23 bits per heavy atom. The van der Waals surface area contributed by atoms with Gasteiger partial charge in [-0.3, -0.25) is 4.79 Å². The number of piperidine rings is 1. The predicted molar refractivity (Wildman–Crippen MR) is 84.8 cm³/mol. The van der Waals surface area contributed by atoms with Crippen molar-refractivity contribution in [3.05, 3.63) is 47.0 Å². The molecule has 1 aromatic carbocycles. The number of benzene rings is 1. The van der Waals surface area contributed by atoms with Crippen LogP contribution in [0.15, 0.2) is 24.5 Å². The van der Waals surface area contributed by atoms with Gasteiger partial charge in [-0.1, -0.05) is 17.2 Å². The molecule has 3 rings (SSSR count). The molecule has 1 amide bonds. The van der Waals surface area contributed by atoms with E-state index in [-0.39, 0.29) is 11.8 Å². The van der Waals surface area contributed by atoms with E-state index in [1.165, 1.54) is 0 Å². The Morgan fingerprint density at radius 2 is 1.95 bits per heavy atom. The normalized spacial score (nSPS) is 18.5. The molecule has 116 valence electrons. The Labute approximate surface area is 131 Å². The van der Waals surface area contributed by atoms with Crippen LogP contribution in [0.4, 0.5) is 0 Å². The first-order valence-corrected chi connectivity index (χ1v) is 7.76. The molecule has 2 aromatic rings. The molecular formula is C17H22N4O. The third-order valence-electron chi connectivity index (χ3n) is 4.29. The highest BCUT2D eigenvalue weighted by Crippen LogP contribution is 2.26. The SMILES string of the molecule is Cc1cc(C)cc(C(=O)N2CCCC(c3nncn3C)C2)c1. The maximum Gasteiger partial charge on any atom is 0.253 e. The van der Waals surface area contributed by atoms with Crippen molar-refractivity contribution in [3.8, 4) is 0 Å². The van der Waals surface area contributed by atoms with Gasteiger partial charge in [-0.2, -0.15) is 0 Å². The van der Waals surface area contributed by atoms with Gasteiger partial charge in [-0.05, 0) is 38.8 Å². The average Bonchev–Trinajstić information content (AvgIpc) is 2.92. The standard InChI is InChI=1S/C17H22N4O/c1-12-7-13(2)9-15(8-12)17(22)21-6-4-5-14(10-21)16-19-18-11-20(16)3/h7-9,11,14H,4-6,10H2,1-3H3. The fourth-order valence-corrected chi connectivity index (χ4v) is 3.31. The average molecular weight is 298 g/mol. The smallest absolute Gasteiger partial charge is 0.253 e. The minimum Gasteiger partial charge on any atom is -0.338 e. The zero-order valence-corrected chi connectivity index (χ0v) is 13.4. The first-order chi connectivity index (χ1) is 10.5. The lowest BCUT2D eigenvalue weighted by Gasteiger charge is -2.32. The zero-order chi connectivity index (χ0) is 15.7. The van der Waals surface area contributed by atoms with E-state index in [0.29, 0.717) is 0 Å². The molecule has 22 heavy (non-hydrogen) atoms. The molecule has 2 heterocycles. The number of nitrogens with zero attached hydrogens (tertiary/aromatic N) is 4. The van der Waals surface area contributed by atoms with E-state index < -0.39 is 0 Å². The maximum atomic E-state index is 12.8. The van der Waals surface area contributed by atoms with Crippen molar-refractivity contribution in [2.24, 2.45) is 7.05 Å². The fraction of sp³-hybridized carbons (Fsp3) is 0.471. The molecule has 1 saturated heterocycles. The van der Waals surface area contributed by atoms with Gasteiger partial charge in [0.2, 0.25) is 0 Å². The molecule has 0 saturated carbocycles. The van der Waals surface area contributed by atoms with Gasteiger partial charge >= 0.3 is 0 Å². The van der Waals surface area contributed by atoms with Crippen LogP contribution in [0.5, 0.6) is 0 Å². The van der Waals surface area contributed by atoms with Crippen LogP contribution in [0, 0.1) is 13.8 Å². The number of rotatable bonds is 2. The third kappa shape index (κ3) is 2.89. The highest BCUT2D eigenvalue weighted by Gasteiger charge is 2.28. The van der Waals surface area contributed by atoms with Crippen LogP contribution in [0.25, 0.3) is 0 Å². The molecule has 0 spiro atoms. The van der Waals surface area contributed by atoms with E-state index in [0.717, 1.165) is 48.4 Å². The van der Waals surface area contributed by atoms with Gasteiger partial charge in [0.15, 0.2) is 0 Å². The summed E-state index contributed by atoms with van der Waals surface area (Å²) in [4.78, 5) is 14.7. The molecule has 1 unspecified atom stereocenters. The zero-order valence-electron chi connectivity index (χ0n) is 13.4. The number of hydrogen-bond acceptors (Lipinski definition) is 3. The summed E-state index contributed by atoms with van der Waals surface area (Å²) in [6.07, 6.45) is 3.79. The third-order valence-corrected chi connectivity index (χ3v) is 4.29. The number of carbonyl (C=O) groups excluding carboxylic acids is 1. The number of aryl methyl sites for hydroxylation is 3. The van der Waals surface area contributed by atoms with Gasteiger partial charge in [0.05, 0.1) is 0 Å². The van der Waals surface area contributed by atoms with Crippen LogP contribution >= 0.6 is 0 Å². The quantitative estimate of drug-likeness (QED) is 0.855. The van der Waals surface area contributed by atoms with Gasteiger partial charge in [-0.25, -0.2) is 0 Å². The van der Waals surface area contributed by atoms with Crippen LogP contribution in [-0.2, 0) is 7.05 Å². The van der Waals surface area contributed by atoms with Crippen LogP contribution in [0.3, 0.4) is 0 Å². The Kier molecular flexibility index (Phi) is 3.96. The van der Waals surface area contributed by atoms with Crippen LogP contribution in [0.1, 0.15) is 46.1 Å². The molecule has 5 nitrogen and oxygen atoms in total. The number of likely N-dealkylation sites (tertiary alicyclic amines) is 1. The van der Waals surface area contributed by atoms with Crippen molar-refractivity contribution in [1.82, 2.24) is 19.7 Å². The summed E-state index contributed by atoms with van der Waals surface area (Å²) in [7, 11) is 1.96. The Morgan fingerprint density at radius 3 is 2.59 bits per heavy atom. The second kappa shape index (κ2) is 5.91. The van der Waals surface area contributed by atoms with Crippen molar-refractivity contribution in [2.45, 2.75) is 32.6 Å². The summed E-state index contributed by atoms with van der Waals surface area (Å²) in [5, 5.41) is 8.17. The summed E-state index contributed by atoms with van der Waals surface area (Å²) in [6, 6.07) is 6.04. The molecule has 5 heteroatoms. The van der Waals surface area contributed by atoms with E-state index in [1.807, 2.05) is 42.5 Å². The maximum absolute atomic E-state index is 12.8. The lowest BCUT2D eigenvalue weighted by atomic mass is 9.96. The van der Waals surface area contributed by atoms with Gasteiger partial charge in [0.1, 0.15) is 12.2 Å². The summed E-state index contributed by atoms with van der Waals surface area (Å²) >= 11 is 0. The van der Waals surface area contributed by atoms with Crippen LogP contribution in [-0.4, -0.2) is 38.7 Å². The lowest BCUT2D eigenvalue weighted by molar-refractivity contribution is 0.0703. The Balaban J connectivity index is 1.79. The van der Waals surface area contributed by atoms with Crippen molar-refractivity contribution in [1.29, 1.82) is 0 Å². The topological polar surface area (TPSA) is 51.0 Å². The highest BCUT2D eigenvalue weighted by molar-refractivity contribution is 5.94. The summed E-state index contributed by atoms with van der Waals surface area (Å²) in [5.74, 6) is 1.37. The molecule has 1 aromatic heterocycles. The fourth-order valence-electron chi connectivity index (χ4n) is 3.31. The molecule has 0 bridgehead atoms. The number of carbonyl (C=O) groups is 1. The van der Waals surface area contributed by atoms with E-state index in [2.05, 4.69) is 16.3 Å². The van der Waals surface area contributed by atoms with Crippen molar-refractivity contribution >= 4 is 5.91 Å². The molecule has 0 radical (unpaired) electrons. The number of hydrogen-bond donors (Lipinski definition) is 0. The van der Waals surface area contributed by atoms with Crippen molar-refractivity contribution in [3.63, 3.8) is 0 Å². The Hall–Kier alpha value is -2.17. The molecule has 1 aliphatic heterocycles. The minimum absolute atomic E-state index is 0.124. The Bertz CT molecular complexity index is 671. The molecule has 1 aliphatic rings.